The number of aliphatic hydroxyl groups excluding tert-OH is 1. The minimum absolute atomic E-state index is 0.0126. The molecule has 1 aliphatic rings. The molecule has 4 aromatic rings. The fourth-order valence-corrected chi connectivity index (χ4v) is 5.24. The molecular weight excluding hydrogens is 430 g/mol. The second-order valence-electron chi connectivity index (χ2n) is 8.62. The number of benzene rings is 2. The SMILES string of the molecule is CN1CCN(Cc2ccc(-c3cc4c(N[C@H](CO)c5ccccc5)ncnc4s3)cc2)CC1. The number of likely N-dealkylation sites (N-methyl/N-ethyl adjacent to an activating group) is 1. The van der Waals surface area contributed by atoms with Crippen molar-refractivity contribution in [2.24, 2.45) is 0 Å². The molecular formula is C26H29N5OS. The van der Waals surface area contributed by atoms with E-state index >= 15 is 0 Å². The number of aliphatic hydroxyl groups is 1. The van der Waals surface area contributed by atoms with Gasteiger partial charge < -0.3 is 15.3 Å². The van der Waals surface area contributed by atoms with Gasteiger partial charge in [0.15, 0.2) is 0 Å². The molecule has 0 bridgehead atoms. The first kappa shape index (κ1) is 22.0. The standard InChI is InChI=1S/C26H29N5OS/c1-30-11-13-31(14-12-30)16-19-7-9-21(10-8-19)24-15-22-25(27-18-28-26(22)33-24)29-23(17-32)20-5-3-2-4-6-20/h2-10,15,18,23,32H,11-14,16-17H2,1H3,(H,27,28,29)/t23-/m1/s1. The van der Waals surface area contributed by atoms with Crippen molar-refractivity contribution in [2.75, 3.05) is 45.2 Å². The van der Waals surface area contributed by atoms with Gasteiger partial charge in [0.05, 0.1) is 18.0 Å². The maximum absolute atomic E-state index is 9.94. The van der Waals surface area contributed by atoms with Gasteiger partial charge >= 0.3 is 0 Å². The van der Waals surface area contributed by atoms with Crippen molar-refractivity contribution in [3.63, 3.8) is 0 Å². The zero-order chi connectivity index (χ0) is 22.6. The summed E-state index contributed by atoms with van der Waals surface area (Å²) in [5.41, 5.74) is 3.56. The first-order valence-corrected chi connectivity index (χ1v) is 12.2. The molecule has 3 heterocycles. The van der Waals surface area contributed by atoms with Crippen LogP contribution in [0.5, 0.6) is 0 Å². The van der Waals surface area contributed by atoms with E-state index < -0.39 is 0 Å². The number of nitrogens with zero attached hydrogens (tertiary/aromatic N) is 4. The lowest BCUT2D eigenvalue weighted by atomic mass is 10.1. The van der Waals surface area contributed by atoms with Crippen molar-refractivity contribution in [3.05, 3.63) is 78.1 Å². The van der Waals surface area contributed by atoms with Crippen LogP contribution in [0.15, 0.2) is 67.0 Å². The molecule has 0 spiro atoms. The van der Waals surface area contributed by atoms with E-state index in [1.807, 2.05) is 30.3 Å². The number of nitrogens with one attached hydrogen (secondary N) is 1. The van der Waals surface area contributed by atoms with E-state index in [1.165, 1.54) is 16.0 Å². The van der Waals surface area contributed by atoms with Crippen molar-refractivity contribution in [2.45, 2.75) is 12.6 Å². The Hall–Kier alpha value is -2.84. The van der Waals surface area contributed by atoms with Crippen molar-refractivity contribution in [1.82, 2.24) is 19.8 Å². The van der Waals surface area contributed by atoms with E-state index in [4.69, 9.17) is 0 Å². The number of thiophene rings is 1. The fourth-order valence-electron chi connectivity index (χ4n) is 4.24. The van der Waals surface area contributed by atoms with Gasteiger partial charge in [-0.15, -0.1) is 11.3 Å². The van der Waals surface area contributed by atoms with Crippen LogP contribution in [0, 0.1) is 0 Å². The van der Waals surface area contributed by atoms with Gasteiger partial charge in [0.25, 0.3) is 0 Å². The number of anilines is 1. The van der Waals surface area contributed by atoms with Crippen LogP contribution in [-0.2, 0) is 6.54 Å². The van der Waals surface area contributed by atoms with Crippen LogP contribution in [0.1, 0.15) is 17.2 Å². The number of hydrogen-bond acceptors (Lipinski definition) is 7. The highest BCUT2D eigenvalue weighted by Crippen LogP contribution is 2.36. The van der Waals surface area contributed by atoms with Crippen LogP contribution in [0.4, 0.5) is 5.82 Å². The Balaban J connectivity index is 1.34. The van der Waals surface area contributed by atoms with E-state index in [-0.39, 0.29) is 12.6 Å². The van der Waals surface area contributed by atoms with E-state index in [9.17, 15) is 5.11 Å². The fraction of sp³-hybridized carbons (Fsp3) is 0.308. The molecule has 2 N–H and O–H groups in total. The summed E-state index contributed by atoms with van der Waals surface area (Å²) in [7, 11) is 2.19. The Morgan fingerprint density at radius 3 is 2.48 bits per heavy atom. The number of hydrogen-bond donors (Lipinski definition) is 2. The molecule has 6 nitrogen and oxygen atoms in total. The Bertz CT molecular complexity index is 1190. The van der Waals surface area contributed by atoms with Gasteiger partial charge in [-0.25, -0.2) is 9.97 Å². The van der Waals surface area contributed by atoms with Crippen molar-refractivity contribution in [1.29, 1.82) is 0 Å². The predicted molar refractivity (Wildman–Crippen MR) is 136 cm³/mol. The largest absolute Gasteiger partial charge is 0.394 e. The van der Waals surface area contributed by atoms with Gasteiger partial charge in [-0.1, -0.05) is 54.6 Å². The van der Waals surface area contributed by atoms with Crippen molar-refractivity contribution < 1.29 is 5.11 Å². The van der Waals surface area contributed by atoms with Gasteiger partial charge in [-0.3, -0.25) is 4.90 Å². The highest BCUT2D eigenvalue weighted by molar-refractivity contribution is 7.21. The van der Waals surface area contributed by atoms with Gasteiger partial charge in [0.2, 0.25) is 0 Å². The number of fused-ring (bicyclic) bond motifs is 1. The summed E-state index contributed by atoms with van der Waals surface area (Å²) in [5.74, 6) is 0.747. The zero-order valence-corrected chi connectivity index (χ0v) is 19.6. The molecule has 1 atom stereocenters. The number of aromatic nitrogens is 2. The van der Waals surface area contributed by atoms with Gasteiger partial charge in [-0.05, 0) is 29.8 Å². The minimum Gasteiger partial charge on any atom is -0.394 e. The summed E-state index contributed by atoms with van der Waals surface area (Å²) in [6, 6.07) is 20.8. The molecule has 1 fully saturated rings. The molecule has 0 aliphatic carbocycles. The molecule has 2 aromatic carbocycles. The third kappa shape index (κ3) is 5.07. The molecule has 1 aliphatic heterocycles. The quantitative estimate of drug-likeness (QED) is 0.431. The van der Waals surface area contributed by atoms with Crippen molar-refractivity contribution in [3.8, 4) is 10.4 Å². The first-order chi connectivity index (χ1) is 16.2. The molecule has 170 valence electrons. The molecule has 0 unspecified atom stereocenters. The third-order valence-electron chi connectivity index (χ3n) is 6.27. The lowest BCUT2D eigenvalue weighted by Gasteiger charge is -2.32. The monoisotopic (exact) mass is 459 g/mol. The van der Waals surface area contributed by atoms with E-state index in [0.717, 1.165) is 54.3 Å². The maximum atomic E-state index is 9.94. The number of piperazine rings is 1. The average molecular weight is 460 g/mol. The van der Waals surface area contributed by atoms with Crippen LogP contribution in [0.3, 0.4) is 0 Å². The average Bonchev–Trinajstić information content (AvgIpc) is 3.30. The van der Waals surface area contributed by atoms with Crippen molar-refractivity contribution >= 4 is 27.4 Å². The van der Waals surface area contributed by atoms with Crippen LogP contribution in [0.2, 0.25) is 0 Å². The first-order valence-electron chi connectivity index (χ1n) is 11.4. The van der Waals surface area contributed by atoms with Gasteiger partial charge in [0, 0.05) is 37.6 Å². The molecule has 0 amide bonds. The second-order valence-corrected chi connectivity index (χ2v) is 9.65. The smallest absolute Gasteiger partial charge is 0.138 e. The summed E-state index contributed by atoms with van der Waals surface area (Å²) in [5, 5.41) is 14.3. The molecule has 7 heteroatoms. The summed E-state index contributed by atoms with van der Waals surface area (Å²) in [6.45, 7) is 5.52. The highest BCUT2D eigenvalue weighted by atomic mass is 32.1. The van der Waals surface area contributed by atoms with E-state index in [2.05, 4.69) is 62.5 Å². The van der Waals surface area contributed by atoms with Gasteiger partial charge in [-0.2, -0.15) is 0 Å². The lowest BCUT2D eigenvalue weighted by Crippen LogP contribution is -2.43. The normalized spacial score (nSPS) is 16.2. The summed E-state index contributed by atoms with van der Waals surface area (Å²) < 4.78 is 0. The summed E-state index contributed by atoms with van der Waals surface area (Å²) >= 11 is 1.67. The Morgan fingerprint density at radius 2 is 1.76 bits per heavy atom. The van der Waals surface area contributed by atoms with Crippen LogP contribution in [-0.4, -0.2) is 64.7 Å². The molecule has 2 aromatic heterocycles. The highest BCUT2D eigenvalue weighted by Gasteiger charge is 2.16. The summed E-state index contributed by atoms with van der Waals surface area (Å²) in [6.07, 6.45) is 1.59. The molecule has 0 saturated carbocycles. The van der Waals surface area contributed by atoms with Crippen LogP contribution < -0.4 is 5.32 Å². The molecule has 1 saturated heterocycles. The summed E-state index contributed by atoms with van der Waals surface area (Å²) in [4.78, 5) is 16.0. The van der Waals surface area contributed by atoms with E-state index in [0.29, 0.717) is 0 Å². The van der Waals surface area contributed by atoms with Crippen LogP contribution in [0.25, 0.3) is 20.7 Å². The molecule has 33 heavy (non-hydrogen) atoms. The lowest BCUT2D eigenvalue weighted by molar-refractivity contribution is 0.148. The number of rotatable bonds is 7. The second kappa shape index (κ2) is 9.97. The van der Waals surface area contributed by atoms with Gasteiger partial charge in [0.1, 0.15) is 17.0 Å². The topological polar surface area (TPSA) is 64.5 Å². The minimum atomic E-state index is -0.221. The Morgan fingerprint density at radius 1 is 1.00 bits per heavy atom. The molecule has 5 rings (SSSR count). The Labute approximate surface area is 198 Å². The predicted octanol–water partition coefficient (Wildman–Crippen LogP) is 4.25. The zero-order valence-electron chi connectivity index (χ0n) is 18.8. The Kier molecular flexibility index (Phi) is 6.64. The third-order valence-corrected chi connectivity index (χ3v) is 7.36. The van der Waals surface area contributed by atoms with Crippen LogP contribution >= 0.6 is 11.3 Å². The van der Waals surface area contributed by atoms with E-state index in [1.54, 1.807) is 17.7 Å². The molecule has 0 radical (unpaired) electrons. The maximum Gasteiger partial charge on any atom is 0.138 e.